The molecule has 0 saturated carbocycles. The monoisotopic (exact) mass is 345 g/mol. The van der Waals surface area contributed by atoms with Crippen molar-refractivity contribution in [1.82, 2.24) is 4.31 Å². The second-order valence-electron chi connectivity index (χ2n) is 5.91. The molecule has 2 aromatic rings. The Kier molecular flexibility index (Phi) is 4.69. The van der Waals surface area contributed by atoms with Gasteiger partial charge in [-0.2, -0.15) is 4.31 Å². The molecule has 0 amide bonds. The van der Waals surface area contributed by atoms with Crippen molar-refractivity contribution < 1.29 is 18.3 Å². The minimum absolute atomic E-state index is 0.246. The number of piperidine rings is 1. The van der Waals surface area contributed by atoms with Gasteiger partial charge in [-0.05, 0) is 36.1 Å². The number of rotatable bonds is 4. The van der Waals surface area contributed by atoms with E-state index in [4.69, 9.17) is 5.11 Å². The van der Waals surface area contributed by atoms with Gasteiger partial charge in [0.15, 0.2) is 0 Å². The van der Waals surface area contributed by atoms with Crippen molar-refractivity contribution in [3.63, 3.8) is 0 Å². The van der Waals surface area contributed by atoms with Crippen LogP contribution in [0, 0.1) is 5.92 Å². The fourth-order valence-electron chi connectivity index (χ4n) is 2.94. The number of hydrogen-bond donors (Lipinski definition) is 1. The average Bonchev–Trinajstić information content (AvgIpc) is 2.62. The van der Waals surface area contributed by atoms with Crippen LogP contribution in [-0.4, -0.2) is 36.9 Å². The highest BCUT2D eigenvalue weighted by molar-refractivity contribution is 7.89. The van der Waals surface area contributed by atoms with Gasteiger partial charge in [0.2, 0.25) is 10.0 Å². The zero-order valence-electron chi connectivity index (χ0n) is 13.1. The van der Waals surface area contributed by atoms with Gasteiger partial charge in [-0.3, -0.25) is 4.79 Å². The molecule has 0 unspecified atom stereocenters. The van der Waals surface area contributed by atoms with E-state index in [0.29, 0.717) is 12.8 Å². The number of nitrogens with zero attached hydrogens (tertiary/aromatic N) is 1. The number of sulfonamides is 1. The second kappa shape index (κ2) is 6.75. The molecule has 2 aromatic carbocycles. The van der Waals surface area contributed by atoms with Crippen LogP contribution in [0.3, 0.4) is 0 Å². The first kappa shape index (κ1) is 16.7. The van der Waals surface area contributed by atoms with E-state index in [1.165, 1.54) is 4.31 Å². The standard InChI is InChI=1S/C18H19NO4S/c20-18(21)16-10-12-19(13-11-16)24(22,23)17-8-6-15(7-9-17)14-4-2-1-3-5-14/h1-9,16H,10-13H2,(H,20,21). The number of carbonyl (C=O) groups is 1. The molecule has 1 N–H and O–H groups in total. The normalized spacial score (nSPS) is 16.8. The first-order chi connectivity index (χ1) is 11.5. The molecule has 0 aliphatic carbocycles. The van der Waals surface area contributed by atoms with Crippen molar-refractivity contribution in [3.05, 3.63) is 54.6 Å². The highest BCUT2D eigenvalue weighted by Gasteiger charge is 2.31. The molecule has 0 spiro atoms. The lowest BCUT2D eigenvalue weighted by atomic mass is 9.99. The molecule has 6 heteroatoms. The van der Waals surface area contributed by atoms with E-state index in [-0.39, 0.29) is 18.0 Å². The number of hydrogen-bond acceptors (Lipinski definition) is 3. The molecule has 1 saturated heterocycles. The summed E-state index contributed by atoms with van der Waals surface area (Å²) in [6, 6.07) is 16.6. The molecule has 1 heterocycles. The predicted molar refractivity (Wildman–Crippen MR) is 91.0 cm³/mol. The van der Waals surface area contributed by atoms with Gasteiger partial charge in [0, 0.05) is 13.1 Å². The number of carboxylic acids is 1. The first-order valence-electron chi connectivity index (χ1n) is 7.87. The molecular formula is C18H19NO4S. The van der Waals surface area contributed by atoms with E-state index < -0.39 is 21.9 Å². The van der Waals surface area contributed by atoms with Crippen LogP contribution in [0.15, 0.2) is 59.5 Å². The summed E-state index contributed by atoms with van der Waals surface area (Å²) >= 11 is 0. The fraction of sp³-hybridized carbons (Fsp3) is 0.278. The SMILES string of the molecule is O=C(O)C1CCN(S(=O)(=O)c2ccc(-c3ccccc3)cc2)CC1. The Labute approximate surface area is 141 Å². The fourth-order valence-corrected chi connectivity index (χ4v) is 4.41. The minimum atomic E-state index is -3.57. The van der Waals surface area contributed by atoms with E-state index >= 15 is 0 Å². The zero-order chi connectivity index (χ0) is 17.2. The first-order valence-corrected chi connectivity index (χ1v) is 9.31. The molecule has 126 valence electrons. The van der Waals surface area contributed by atoms with Gasteiger partial charge in [-0.1, -0.05) is 42.5 Å². The number of carboxylic acid groups (broad SMARTS) is 1. The van der Waals surface area contributed by atoms with Crippen LogP contribution < -0.4 is 0 Å². The molecule has 0 atom stereocenters. The van der Waals surface area contributed by atoms with E-state index in [0.717, 1.165) is 11.1 Å². The average molecular weight is 345 g/mol. The Balaban J connectivity index is 1.77. The van der Waals surface area contributed by atoms with E-state index in [9.17, 15) is 13.2 Å². The molecule has 0 bridgehead atoms. The Morgan fingerprint density at radius 2 is 1.46 bits per heavy atom. The van der Waals surface area contributed by atoms with Crippen molar-refractivity contribution in [2.75, 3.05) is 13.1 Å². The molecular weight excluding hydrogens is 326 g/mol. The maximum absolute atomic E-state index is 12.7. The van der Waals surface area contributed by atoms with Crippen LogP contribution in [0.5, 0.6) is 0 Å². The van der Waals surface area contributed by atoms with Crippen LogP contribution in [0.25, 0.3) is 11.1 Å². The van der Waals surface area contributed by atoms with Crippen LogP contribution >= 0.6 is 0 Å². The van der Waals surface area contributed by atoms with Crippen LogP contribution in [0.1, 0.15) is 12.8 Å². The number of benzene rings is 2. The third-order valence-electron chi connectivity index (χ3n) is 4.40. The summed E-state index contributed by atoms with van der Waals surface area (Å²) < 4.78 is 26.8. The Morgan fingerprint density at radius 1 is 0.917 bits per heavy atom. The van der Waals surface area contributed by atoms with Gasteiger partial charge < -0.3 is 5.11 Å². The van der Waals surface area contributed by atoms with Crippen molar-refractivity contribution in [2.24, 2.45) is 5.92 Å². The summed E-state index contributed by atoms with van der Waals surface area (Å²) in [4.78, 5) is 11.2. The summed E-state index contributed by atoms with van der Waals surface area (Å²) in [7, 11) is -3.57. The topological polar surface area (TPSA) is 74.7 Å². The van der Waals surface area contributed by atoms with Gasteiger partial charge in [-0.15, -0.1) is 0 Å². The molecule has 24 heavy (non-hydrogen) atoms. The Hall–Kier alpha value is -2.18. The molecule has 3 rings (SSSR count). The van der Waals surface area contributed by atoms with Crippen molar-refractivity contribution in [2.45, 2.75) is 17.7 Å². The summed E-state index contributed by atoms with van der Waals surface area (Å²) in [6.45, 7) is 0.499. The molecule has 5 nitrogen and oxygen atoms in total. The highest BCUT2D eigenvalue weighted by Crippen LogP contribution is 2.26. The van der Waals surface area contributed by atoms with Crippen LogP contribution in [-0.2, 0) is 14.8 Å². The van der Waals surface area contributed by atoms with E-state index in [1.807, 2.05) is 30.3 Å². The molecule has 0 aromatic heterocycles. The predicted octanol–water partition coefficient (Wildman–Crippen LogP) is 2.84. The lowest BCUT2D eigenvalue weighted by Crippen LogP contribution is -2.40. The maximum Gasteiger partial charge on any atom is 0.306 e. The van der Waals surface area contributed by atoms with Gasteiger partial charge in [0.05, 0.1) is 10.8 Å². The Bertz CT molecular complexity index is 808. The largest absolute Gasteiger partial charge is 0.481 e. The van der Waals surface area contributed by atoms with Crippen molar-refractivity contribution >= 4 is 16.0 Å². The number of aliphatic carboxylic acids is 1. The van der Waals surface area contributed by atoms with Crippen molar-refractivity contribution in [1.29, 1.82) is 0 Å². The third kappa shape index (κ3) is 3.34. The Morgan fingerprint density at radius 3 is 2.00 bits per heavy atom. The lowest BCUT2D eigenvalue weighted by Gasteiger charge is -2.29. The van der Waals surface area contributed by atoms with Gasteiger partial charge in [0.1, 0.15) is 0 Å². The van der Waals surface area contributed by atoms with Crippen LogP contribution in [0.2, 0.25) is 0 Å². The van der Waals surface area contributed by atoms with E-state index in [1.54, 1.807) is 24.3 Å². The van der Waals surface area contributed by atoms with E-state index in [2.05, 4.69) is 0 Å². The molecule has 1 aliphatic heterocycles. The molecule has 0 radical (unpaired) electrons. The second-order valence-corrected chi connectivity index (χ2v) is 7.84. The highest BCUT2D eigenvalue weighted by atomic mass is 32.2. The van der Waals surface area contributed by atoms with Crippen LogP contribution in [0.4, 0.5) is 0 Å². The zero-order valence-corrected chi connectivity index (χ0v) is 13.9. The molecule has 1 fully saturated rings. The van der Waals surface area contributed by atoms with Crippen molar-refractivity contribution in [3.8, 4) is 11.1 Å². The smallest absolute Gasteiger partial charge is 0.306 e. The maximum atomic E-state index is 12.7. The van der Waals surface area contributed by atoms with Gasteiger partial charge in [-0.25, -0.2) is 8.42 Å². The minimum Gasteiger partial charge on any atom is -0.481 e. The third-order valence-corrected chi connectivity index (χ3v) is 6.32. The van der Waals surface area contributed by atoms with Gasteiger partial charge in [0.25, 0.3) is 0 Å². The molecule has 1 aliphatic rings. The lowest BCUT2D eigenvalue weighted by molar-refractivity contribution is -0.142. The summed E-state index contributed by atoms with van der Waals surface area (Å²) in [5.74, 6) is -1.30. The summed E-state index contributed by atoms with van der Waals surface area (Å²) in [5.41, 5.74) is 1.99. The quantitative estimate of drug-likeness (QED) is 0.924. The van der Waals surface area contributed by atoms with Gasteiger partial charge >= 0.3 is 5.97 Å². The summed E-state index contributed by atoms with van der Waals surface area (Å²) in [5, 5.41) is 9.02. The summed E-state index contributed by atoms with van der Waals surface area (Å²) in [6.07, 6.45) is 0.716.